The summed E-state index contributed by atoms with van der Waals surface area (Å²) in [6.45, 7) is 2.91. The minimum atomic E-state index is 0.796. The monoisotopic (exact) mass is 188 g/mol. The molecular formula is C12H16N2. The van der Waals surface area contributed by atoms with Crippen molar-refractivity contribution in [2.45, 2.75) is 13.3 Å². The van der Waals surface area contributed by atoms with Crippen molar-refractivity contribution in [2.24, 2.45) is 0 Å². The molecule has 3 N–H and O–H groups in total. The minimum Gasteiger partial charge on any atom is -0.398 e. The molecular weight excluding hydrogens is 172 g/mol. The van der Waals surface area contributed by atoms with Gasteiger partial charge in [-0.05, 0) is 25.6 Å². The molecule has 0 amide bonds. The summed E-state index contributed by atoms with van der Waals surface area (Å²) in [6, 6.07) is 5.93. The third-order valence-corrected chi connectivity index (χ3v) is 2.05. The van der Waals surface area contributed by atoms with Gasteiger partial charge in [-0.2, -0.15) is 0 Å². The number of anilines is 1. The molecule has 0 bridgehead atoms. The Balaban J connectivity index is 2.74. The van der Waals surface area contributed by atoms with E-state index in [0.29, 0.717) is 0 Å². The van der Waals surface area contributed by atoms with Crippen LogP contribution in [-0.4, -0.2) is 13.6 Å². The van der Waals surface area contributed by atoms with E-state index < -0.39 is 0 Å². The molecule has 0 aliphatic carbocycles. The van der Waals surface area contributed by atoms with Crippen molar-refractivity contribution in [3.05, 3.63) is 29.3 Å². The molecule has 0 saturated carbocycles. The SMILES string of the molecule is CNCCC#Cc1cccc(C)c1N. The predicted octanol–water partition coefficient (Wildman–Crippen LogP) is 1.54. The highest BCUT2D eigenvalue weighted by Crippen LogP contribution is 2.14. The van der Waals surface area contributed by atoms with Crippen LogP contribution in [0.25, 0.3) is 0 Å². The molecule has 0 aromatic heterocycles. The van der Waals surface area contributed by atoms with Crippen LogP contribution in [-0.2, 0) is 0 Å². The molecule has 0 aliphatic heterocycles. The van der Waals surface area contributed by atoms with Crippen LogP contribution < -0.4 is 11.1 Å². The van der Waals surface area contributed by atoms with Gasteiger partial charge < -0.3 is 11.1 Å². The number of rotatable bonds is 2. The Morgan fingerprint density at radius 3 is 2.93 bits per heavy atom. The summed E-state index contributed by atoms with van der Waals surface area (Å²) >= 11 is 0. The van der Waals surface area contributed by atoms with Gasteiger partial charge in [0.25, 0.3) is 0 Å². The molecule has 0 atom stereocenters. The van der Waals surface area contributed by atoms with Gasteiger partial charge in [0.05, 0.1) is 5.69 Å². The standard InChI is InChI=1S/C12H16N2/c1-10-6-5-8-11(12(10)13)7-3-4-9-14-2/h5-6,8,14H,4,9,13H2,1-2H3. The zero-order chi connectivity index (χ0) is 10.4. The van der Waals surface area contributed by atoms with E-state index in [2.05, 4.69) is 17.2 Å². The molecule has 0 aliphatic rings. The molecule has 0 saturated heterocycles. The molecule has 0 heterocycles. The average Bonchev–Trinajstić information content (AvgIpc) is 2.19. The van der Waals surface area contributed by atoms with Crippen LogP contribution in [0.1, 0.15) is 17.5 Å². The van der Waals surface area contributed by atoms with E-state index in [9.17, 15) is 0 Å². The Kier molecular flexibility index (Phi) is 4.03. The van der Waals surface area contributed by atoms with Gasteiger partial charge in [-0.3, -0.25) is 0 Å². The van der Waals surface area contributed by atoms with Gasteiger partial charge in [0.1, 0.15) is 0 Å². The molecule has 1 aromatic carbocycles. The van der Waals surface area contributed by atoms with Crippen molar-refractivity contribution in [1.82, 2.24) is 5.32 Å². The van der Waals surface area contributed by atoms with Crippen LogP contribution in [0.3, 0.4) is 0 Å². The summed E-state index contributed by atoms with van der Waals surface area (Å²) in [7, 11) is 1.92. The van der Waals surface area contributed by atoms with Crippen LogP contribution >= 0.6 is 0 Å². The van der Waals surface area contributed by atoms with Crippen LogP contribution in [0.4, 0.5) is 5.69 Å². The maximum Gasteiger partial charge on any atom is 0.0502 e. The largest absolute Gasteiger partial charge is 0.398 e. The predicted molar refractivity (Wildman–Crippen MR) is 61.0 cm³/mol. The number of para-hydroxylation sites is 1. The first-order chi connectivity index (χ1) is 6.75. The lowest BCUT2D eigenvalue weighted by Crippen LogP contribution is -2.05. The summed E-state index contributed by atoms with van der Waals surface area (Å²) in [4.78, 5) is 0. The van der Waals surface area contributed by atoms with E-state index in [1.54, 1.807) is 0 Å². The molecule has 2 heteroatoms. The highest BCUT2D eigenvalue weighted by atomic mass is 14.8. The van der Waals surface area contributed by atoms with Crippen molar-refractivity contribution in [3.63, 3.8) is 0 Å². The fraction of sp³-hybridized carbons (Fsp3) is 0.333. The number of nitrogens with one attached hydrogen (secondary N) is 1. The van der Waals surface area contributed by atoms with Crippen molar-refractivity contribution in [1.29, 1.82) is 0 Å². The second-order valence-electron chi connectivity index (χ2n) is 3.19. The van der Waals surface area contributed by atoms with E-state index >= 15 is 0 Å². The third kappa shape index (κ3) is 2.79. The van der Waals surface area contributed by atoms with Crippen molar-refractivity contribution >= 4 is 5.69 Å². The number of nitrogen functional groups attached to an aromatic ring is 1. The lowest BCUT2D eigenvalue weighted by molar-refractivity contribution is 0.818. The van der Waals surface area contributed by atoms with Gasteiger partial charge in [0.15, 0.2) is 0 Å². The first-order valence-electron chi connectivity index (χ1n) is 4.74. The van der Waals surface area contributed by atoms with Gasteiger partial charge in [-0.1, -0.05) is 24.0 Å². The number of benzene rings is 1. The average molecular weight is 188 g/mol. The highest BCUT2D eigenvalue weighted by Gasteiger charge is 1.96. The number of hydrogen-bond donors (Lipinski definition) is 2. The highest BCUT2D eigenvalue weighted by molar-refractivity contribution is 5.60. The third-order valence-electron chi connectivity index (χ3n) is 2.05. The number of hydrogen-bond acceptors (Lipinski definition) is 2. The van der Waals surface area contributed by atoms with Gasteiger partial charge in [0.2, 0.25) is 0 Å². The lowest BCUT2D eigenvalue weighted by Gasteiger charge is -2.00. The van der Waals surface area contributed by atoms with Gasteiger partial charge >= 0.3 is 0 Å². The first kappa shape index (κ1) is 10.6. The smallest absolute Gasteiger partial charge is 0.0502 e. The normalized spacial score (nSPS) is 9.29. The maximum atomic E-state index is 5.88. The van der Waals surface area contributed by atoms with Crippen LogP contribution in [0, 0.1) is 18.8 Å². The maximum absolute atomic E-state index is 5.88. The Morgan fingerprint density at radius 1 is 1.43 bits per heavy atom. The fourth-order valence-electron chi connectivity index (χ4n) is 1.13. The van der Waals surface area contributed by atoms with Crippen LogP contribution in [0.2, 0.25) is 0 Å². The van der Waals surface area contributed by atoms with E-state index in [0.717, 1.165) is 29.8 Å². The zero-order valence-corrected chi connectivity index (χ0v) is 8.72. The molecule has 14 heavy (non-hydrogen) atoms. The topological polar surface area (TPSA) is 38.0 Å². The molecule has 0 radical (unpaired) electrons. The summed E-state index contributed by atoms with van der Waals surface area (Å²) in [5.74, 6) is 6.15. The summed E-state index contributed by atoms with van der Waals surface area (Å²) < 4.78 is 0. The second kappa shape index (κ2) is 5.31. The van der Waals surface area contributed by atoms with Crippen LogP contribution in [0.5, 0.6) is 0 Å². The zero-order valence-electron chi connectivity index (χ0n) is 8.72. The first-order valence-corrected chi connectivity index (χ1v) is 4.74. The lowest BCUT2D eigenvalue weighted by atomic mass is 10.1. The van der Waals surface area contributed by atoms with Crippen molar-refractivity contribution < 1.29 is 0 Å². The number of nitrogens with two attached hydrogens (primary N) is 1. The molecule has 0 spiro atoms. The van der Waals surface area contributed by atoms with Gasteiger partial charge in [-0.25, -0.2) is 0 Å². The molecule has 0 fully saturated rings. The van der Waals surface area contributed by atoms with Crippen molar-refractivity contribution in [2.75, 3.05) is 19.3 Å². The quantitative estimate of drug-likeness (QED) is 0.420. The van der Waals surface area contributed by atoms with E-state index in [4.69, 9.17) is 5.73 Å². The Morgan fingerprint density at radius 2 is 2.21 bits per heavy atom. The number of aryl methyl sites for hydroxylation is 1. The second-order valence-corrected chi connectivity index (χ2v) is 3.19. The van der Waals surface area contributed by atoms with Gasteiger partial charge in [0, 0.05) is 18.5 Å². The van der Waals surface area contributed by atoms with Gasteiger partial charge in [-0.15, -0.1) is 0 Å². The molecule has 0 unspecified atom stereocenters. The summed E-state index contributed by atoms with van der Waals surface area (Å²) in [5.41, 5.74) is 8.69. The van der Waals surface area contributed by atoms with Crippen LogP contribution in [0.15, 0.2) is 18.2 Å². The molecule has 1 rings (SSSR count). The Bertz CT molecular complexity index is 358. The van der Waals surface area contributed by atoms with E-state index in [-0.39, 0.29) is 0 Å². The van der Waals surface area contributed by atoms with E-state index in [1.165, 1.54) is 0 Å². The Labute approximate surface area is 85.5 Å². The molecule has 1 aromatic rings. The van der Waals surface area contributed by atoms with E-state index in [1.807, 2.05) is 32.2 Å². The summed E-state index contributed by atoms with van der Waals surface area (Å²) in [6.07, 6.45) is 0.851. The molecule has 74 valence electrons. The minimum absolute atomic E-state index is 0.796. The molecule has 2 nitrogen and oxygen atoms in total. The Hall–Kier alpha value is -1.46. The fourth-order valence-corrected chi connectivity index (χ4v) is 1.13. The van der Waals surface area contributed by atoms with Crippen molar-refractivity contribution in [3.8, 4) is 11.8 Å². The summed E-state index contributed by atoms with van der Waals surface area (Å²) in [5, 5.41) is 3.05.